The highest BCUT2D eigenvalue weighted by atomic mass is 28.3. The largest absolute Gasteiger partial charge is 0.479 e. The molecule has 1 rings (SSSR count). The van der Waals surface area contributed by atoms with Gasteiger partial charge in [0.2, 0.25) is 0 Å². The first-order valence-electron chi connectivity index (χ1n) is 10.2. The van der Waals surface area contributed by atoms with Crippen LogP contribution in [0.4, 0.5) is 4.79 Å². The monoisotopic (exact) mass is 431 g/mol. The fourth-order valence-corrected chi connectivity index (χ4v) is 3.58. The summed E-state index contributed by atoms with van der Waals surface area (Å²) >= 11 is 0. The van der Waals surface area contributed by atoms with Crippen molar-refractivity contribution in [1.82, 2.24) is 5.32 Å². The van der Waals surface area contributed by atoms with Crippen LogP contribution in [0.1, 0.15) is 54.0 Å². The van der Waals surface area contributed by atoms with Crippen molar-refractivity contribution in [3.05, 3.63) is 52.9 Å². The van der Waals surface area contributed by atoms with Crippen LogP contribution in [0.25, 0.3) is 0 Å². The first-order chi connectivity index (χ1) is 13.5. The van der Waals surface area contributed by atoms with E-state index in [4.69, 9.17) is 4.74 Å². The van der Waals surface area contributed by atoms with Gasteiger partial charge in [0.1, 0.15) is 5.60 Å². The molecule has 0 aliphatic rings. The molecule has 0 radical (unpaired) electrons. The van der Waals surface area contributed by atoms with Gasteiger partial charge in [-0.25, -0.2) is 9.59 Å². The highest BCUT2D eigenvalue weighted by Gasteiger charge is 2.44. The molecule has 0 aromatic heterocycles. The van der Waals surface area contributed by atoms with Crippen LogP contribution in [-0.2, 0) is 16.0 Å². The number of amides is 1. The maximum absolute atomic E-state index is 12.6. The molecule has 0 bridgehead atoms. The zero-order valence-corrected chi connectivity index (χ0v) is 20.8. The first kappa shape index (κ1) is 25.7. The van der Waals surface area contributed by atoms with Gasteiger partial charge in [0.15, 0.2) is 5.54 Å². The van der Waals surface area contributed by atoms with Gasteiger partial charge in [-0.3, -0.25) is 0 Å². The minimum absolute atomic E-state index is 0.0875. The van der Waals surface area contributed by atoms with Crippen molar-refractivity contribution in [2.45, 2.75) is 84.2 Å². The van der Waals surface area contributed by atoms with Crippen LogP contribution in [0.15, 0.2) is 47.3 Å². The number of nitrogens with one attached hydrogen (secondary N) is 1. The minimum Gasteiger partial charge on any atom is -0.479 e. The summed E-state index contributed by atoms with van der Waals surface area (Å²) in [6.07, 6.45) is -0.679. The molecule has 0 saturated heterocycles. The van der Waals surface area contributed by atoms with Crippen molar-refractivity contribution in [3.63, 3.8) is 0 Å². The second-order valence-corrected chi connectivity index (χ2v) is 15.6. The van der Waals surface area contributed by atoms with E-state index in [1.165, 1.54) is 0 Å². The van der Waals surface area contributed by atoms with Gasteiger partial charge < -0.3 is 15.2 Å². The predicted molar refractivity (Wildman–Crippen MR) is 124 cm³/mol. The predicted octanol–water partition coefficient (Wildman–Crippen LogP) is 5.73. The number of hydrogen-bond acceptors (Lipinski definition) is 3. The molecular weight excluding hydrogens is 394 g/mol. The average molecular weight is 432 g/mol. The average Bonchev–Trinajstić information content (AvgIpc) is 2.57. The summed E-state index contributed by atoms with van der Waals surface area (Å²) in [4.78, 5) is 25.2. The van der Waals surface area contributed by atoms with E-state index in [2.05, 4.69) is 44.9 Å². The van der Waals surface area contributed by atoms with E-state index in [0.717, 1.165) is 5.56 Å². The Bertz CT molecular complexity index is 825. The second-order valence-electron chi connectivity index (χ2n) is 10.4. The number of ether oxygens (including phenoxy) is 1. The Balaban J connectivity index is 3.55. The Labute approximate surface area is 182 Å². The lowest BCUT2D eigenvalue weighted by Gasteiger charge is -2.34. The van der Waals surface area contributed by atoms with E-state index in [0.29, 0.717) is 5.57 Å². The van der Waals surface area contributed by atoms with Gasteiger partial charge in [-0.15, -0.1) is 5.73 Å². The van der Waals surface area contributed by atoms with Crippen LogP contribution in [-0.4, -0.2) is 36.4 Å². The Kier molecular flexibility index (Phi) is 7.92. The van der Waals surface area contributed by atoms with Crippen molar-refractivity contribution in [1.29, 1.82) is 0 Å². The number of benzene rings is 1. The number of alkyl carbamates (subject to hydrolysis) is 1. The normalized spacial score (nSPS) is 14.2. The zero-order valence-electron chi connectivity index (χ0n) is 19.8. The van der Waals surface area contributed by atoms with Crippen molar-refractivity contribution in [3.8, 4) is 0 Å². The van der Waals surface area contributed by atoms with Gasteiger partial charge in [-0.05, 0) is 38.3 Å². The smallest absolute Gasteiger partial charge is 0.408 e. The number of rotatable bonds is 6. The maximum atomic E-state index is 12.6. The summed E-state index contributed by atoms with van der Waals surface area (Å²) in [5.74, 6) is -1.15. The summed E-state index contributed by atoms with van der Waals surface area (Å²) in [5.41, 5.74) is 4.10. The quantitative estimate of drug-likeness (QED) is 0.446. The lowest BCUT2D eigenvalue weighted by molar-refractivity contribution is -0.143. The molecule has 30 heavy (non-hydrogen) atoms. The molecular formula is C24H37NO4Si. The van der Waals surface area contributed by atoms with Crippen LogP contribution < -0.4 is 5.32 Å². The first-order valence-corrected chi connectivity index (χ1v) is 13.3. The molecule has 1 amide bonds. The number of carbonyl (C=O) groups excluding carboxylic acids is 1. The van der Waals surface area contributed by atoms with E-state index in [-0.39, 0.29) is 11.5 Å². The van der Waals surface area contributed by atoms with E-state index in [9.17, 15) is 14.7 Å². The highest BCUT2D eigenvalue weighted by Crippen LogP contribution is 2.36. The molecule has 1 aromatic rings. The van der Waals surface area contributed by atoms with Crippen molar-refractivity contribution < 1.29 is 19.4 Å². The molecule has 0 fully saturated rings. The van der Waals surface area contributed by atoms with Crippen LogP contribution in [0, 0.1) is 0 Å². The molecule has 0 aliphatic heterocycles. The number of hydrogen-bond donors (Lipinski definition) is 2. The summed E-state index contributed by atoms with van der Waals surface area (Å²) in [6, 6.07) is 9.26. The van der Waals surface area contributed by atoms with Gasteiger partial charge in [0.25, 0.3) is 0 Å². The van der Waals surface area contributed by atoms with E-state index in [1.807, 2.05) is 36.0 Å². The van der Waals surface area contributed by atoms with Gasteiger partial charge in [-0.2, -0.15) is 0 Å². The number of carboxylic acid groups (broad SMARTS) is 1. The molecule has 1 atom stereocenters. The van der Waals surface area contributed by atoms with Gasteiger partial charge >= 0.3 is 12.1 Å². The Hall–Kier alpha value is -2.30. The lowest BCUT2D eigenvalue weighted by atomic mass is 9.84. The third-order valence-electron chi connectivity index (χ3n) is 5.61. The molecule has 2 N–H and O–H groups in total. The molecule has 0 unspecified atom stereocenters. The fraction of sp³-hybridized carbons (Fsp3) is 0.542. The van der Waals surface area contributed by atoms with Crippen LogP contribution in [0.5, 0.6) is 0 Å². The fourth-order valence-electron chi connectivity index (χ4n) is 2.57. The third-order valence-corrected chi connectivity index (χ3v) is 10.3. The summed E-state index contributed by atoms with van der Waals surface area (Å²) < 4.78 is 5.37. The highest BCUT2D eigenvalue weighted by molar-refractivity contribution is 6.84. The molecule has 0 saturated carbocycles. The van der Waals surface area contributed by atoms with Crippen molar-refractivity contribution in [2.24, 2.45) is 0 Å². The topological polar surface area (TPSA) is 75.6 Å². The molecule has 1 aromatic carbocycles. The standard InChI is InChI=1S/C24H37NO4Si/c1-18(15-16-30(8,9)23(5,6)7)24(20(26)27,17-19-13-11-10-12-14-19)25-21(28)29-22(2,3)4/h10-14,16H,17H2,1-9H3,(H,25,28)(H,26,27)/t15?,24-/m0/s1. The summed E-state index contributed by atoms with van der Waals surface area (Å²) in [6.45, 7) is 17.9. The Morgan fingerprint density at radius 2 is 1.63 bits per heavy atom. The molecule has 5 nitrogen and oxygen atoms in total. The van der Waals surface area contributed by atoms with E-state index in [1.54, 1.807) is 27.7 Å². The third kappa shape index (κ3) is 6.89. The van der Waals surface area contributed by atoms with Crippen LogP contribution in [0.2, 0.25) is 18.1 Å². The molecule has 0 spiro atoms. The zero-order chi connectivity index (χ0) is 23.4. The Morgan fingerprint density at radius 3 is 2.07 bits per heavy atom. The number of carbonyl (C=O) groups is 2. The van der Waals surface area contributed by atoms with Crippen LogP contribution >= 0.6 is 0 Å². The van der Waals surface area contributed by atoms with E-state index < -0.39 is 31.3 Å². The number of carboxylic acids is 1. The molecule has 6 heteroatoms. The lowest BCUT2D eigenvalue weighted by Crippen LogP contribution is -2.57. The summed E-state index contributed by atoms with van der Waals surface area (Å²) in [5, 5.41) is 13.0. The van der Waals surface area contributed by atoms with Gasteiger partial charge in [0, 0.05) is 12.0 Å². The van der Waals surface area contributed by atoms with Crippen molar-refractivity contribution in [2.75, 3.05) is 0 Å². The van der Waals surface area contributed by atoms with E-state index >= 15 is 0 Å². The van der Waals surface area contributed by atoms with Crippen LogP contribution in [0.3, 0.4) is 0 Å². The molecule has 0 heterocycles. The van der Waals surface area contributed by atoms with Gasteiger partial charge in [0.05, 0.1) is 8.07 Å². The molecule has 166 valence electrons. The SMILES string of the molecule is CC(=C=C[Si](C)(C)C(C)(C)C)[C@](Cc1ccccc1)(NC(=O)OC(C)(C)C)C(=O)O. The van der Waals surface area contributed by atoms with Crippen molar-refractivity contribution >= 4 is 20.1 Å². The maximum Gasteiger partial charge on any atom is 0.408 e. The van der Waals surface area contributed by atoms with Gasteiger partial charge in [-0.1, -0.05) is 69.9 Å². The number of aliphatic carboxylic acids is 1. The molecule has 0 aliphatic carbocycles. The minimum atomic E-state index is -1.85. The second kappa shape index (κ2) is 9.23. The Morgan fingerprint density at radius 1 is 1.10 bits per heavy atom. The summed E-state index contributed by atoms with van der Waals surface area (Å²) in [7, 11) is -1.85.